The molecule has 0 aliphatic heterocycles. The van der Waals surface area contributed by atoms with E-state index in [0.717, 1.165) is 88.9 Å². The van der Waals surface area contributed by atoms with Gasteiger partial charge in [-0.25, -0.2) is 0 Å². The topological polar surface area (TPSA) is 43.4 Å². The highest BCUT2D eigenvalue weighted by Gasteiger charge is 2.36. The van der Waals surface area contributed by atoms with Gasteiger partial charge in [-0.2, -0.15) is 0 Å². The van der Waals surface area contributed by atoms with Crippen LogP contribution >= 0.6 is 0 Å². The van der Waals surface area contributed by atoms with Gasteiger partial charge in [-0.1, -0.05) is 39.5 Å². The van der Waals surface area contributed by atoms with Crippen molar-refractivity contribution < 1.29 is 14.3 Å². The fourth-order valence-corrected chi connectivity index (χ4v) is 6.99. The monoisotopic (exact) mass is 430 g/mol. The molecule has 0 saturated heterocycles. The van der Waals surface area contributed by atoms with Crippen molar-refractivity contribution in [3.63, 3.8) is 0 Å². The van der Waals surface area contributed by atoms with Gasteiger partial charge >= 0.3 is 0 Å². The third-order valence-corrected chi connectivity index (χ3v) is 9.37. The molecule has 31 heavy (non-hydrogen) atoms. The summed E-state index contributed by atoms with van der Waals surface area (Å²) in [5.74, 6) is 4.05. The first kappa shape index (κ1) is 23.5. The van der Waals surface area contributed by atoms with Gasteiger partial charge in [-0.3, -0.25) is 9.59 Å². The average molecular weight is 431 g/mol. The molecule has 176 valence electrons. The molecule has 0 aromatic rings. The van der Waals surface area contributed by atoms with Crippen molar-refractivity contribution in [3.8, 4) is 0 Å². The predicted molar refractivity (Wildman–Crippen MR) is 125 cm³/mol. The van der Waals surface area contributed by atoms with Crippen LogP contribution in [0.15, 0.2) is 0 Å². The molecule has 4 rings (SSSR count). The van der Waals surface area contributed by atoms with Crippen LogP contribution in [-0.4, -0.2) is 23.8 Å². The largest absolute Gasteiger partial charge is 0.375 e. The van der Waals surface area contributed by atoms with Crippen molar-refractivity contribution in [1.29, 1.82) is 0 Å². The SMILES string of the molecule is CC1CCC(C(=O)C2CCC(OC3CCC(C(=O)C4CCC(C)CC4)CC3)CC2)CC1. The molecule has 0 bridgehead atoms. The summed E-state index contributed by atoms with van der Waals surface area (Å²) in [6, 6.07) is 0. The van der Waals surface area contributed by atoms with Gasteiger partial charge in [-0.05, 0) is 88.9 Å². The Morgan fingerprint density at radius 2 is 0.710 bits per heavy atom. The van der Waals surface area contributed by atoms with Gasteiger partial charge in [0.05, 0.1) is 12.2 Å². The lowest BCUT2D eigenvalue weighted by Crippen LogP contribution is -2.35. The van der Waals surface area contributed by atoms with Crippen LogP contribution in [0.4, 0.5) is 0 Å². The van der Waals surface area contributed by atoms with Crippen molar-refractivity contribution >= 4 is 11.6 Å². The molecule has 0 amide bonds. The van der Waals surface area contributed by atoms with Crippen molar-refractivity contribution in [2.75, 3.05) is 0 Å². The van der Waals surface area contributed by atoms with E-state index in [2.05, 4.69) is 13.8 Å². The van der Waals surface area contributed by atoms with Crippen molar-refractivity contribution in [3.05, 3.63) is 0 Å². The van der Waals surface area contributed by atoms with Crippen LogP contribution < -0.4 is 0 Å². The molecule has 0 N–H and O–H groups in total. The number of hydrogen-bond acceptors (Lipinski definition) is 3. The van der Waals surface area contributed by atoms with Crippen LogP contribution in [0.3, 0.4) is 0 Å². The Kier molecular flexibility index (Phi) is 8.28. The van der Waals surface area contributed by atoms with Crippen LogP contribution in [0.25, 0.3) is 0 Å². The van der Waals surface area contributed by atoms with Gasteiger partial charge in [0.25, 0.3) is 0 Å². The molecule has 0 spiro atoms. The molecule has 4 aliphatic rings. The maximum absolute atomic E-state index is 12.9. The summed E-state index contributed by atoms with van der Waals surface area (Å²) >= 11 is 0. The minimum absolute atomic E-state index is 0.296. The van der Waals surface area contributed by atoms with Crippen LogP contribution in [0, 0.1) is 35.5 Å². The Morgan fingerprint density at radius 3 is 1.00 bits per heavy atom. The van der Waals surface area contributed by atoms with Crippen molar-refractivity contribution in [2.24, 2.45) is 35.5 Å². The van der Waals surface area contributed by atoms with E-state index in [1.807, 2.05) is 0 Å². The zero-order valence-corrected chi connectivity index (χ0v) is 20.2. The second kappa shape index (κ2) is 10.9. The maximum atomic E-state index is 12.9. The molecule has 3 nitrogen and oxygen atoms in total. The number of hydrogen-bond donors (Lipinski definition) is 0. The highest BCUT2D eigenvalue weighted by molar-refractivity contribution is 5.84. The number of ketones is 2. The molecule has 3 heteroatoms. The fraction of sp³-hybridized carbons (Fsp3) is 0.929. The zero-order chi connectivity index (χ0) is 21.8. The number of carbonyl (C=O) groups excluding carboxylic acids is 2. The Bertz CT molecular complexity index is 529. The van der Waals surface area contributed by atoms with E-state index < -0.39 is 0 Å². The molecule has 0 heterocycles. The predicted octanol–water partition coefficient (Wildman–Crippen LogP) is 6.91. The maximum Gasteiger partial charge on any atom is 0.139 e. The number of Topliss-reactive ketones (excluding diaryl/α,β-unsaturated/α-hetero) is 2. The third-order valence-electron chi connectivity index (χ3n) is 9.37. The molecule has 4 saturated carbocycles. The third kappa shape index (κ3) is 6.21. The molecular formula is C28H46O3. The second-order valence-corrected chi connectivity index (χ2v) is 11.8. The molecule has 0 aromatic heterocycles. The van der Waals surface area contributed by atoms with E-state index in [9.17, 15) is 9.59 Å². The quantitative estimate of drug-likeness (QED) is 0.460. The van der Waals surface area contributed by atoms with Gasteiger partial charge < -0.3 is 4.74 Å². The Labute approximate surface area is 190 Å². The van der Waals surface area contributed by atoms with Crippen LogP contribution in [0.2, 0.25) is 0 Å². The molecule has 0 atom stereocenters. The average Bonchev–Trinajstić information content (AvgIpc) is 2.80. The normalized spacial score (nSPS) is 42.1. The van der Waals surface area contributed by atoms with Crippen LogP contribution in [0.5, 0.6) is 0 Å². The first-order chi connectivity index (χ1) is 15.0. The molecule has 0 radical (unpaired) electrons. The van der Waals surface area contributed by atoms with E-state index in [4.69, 9.17) is 4.74 Å². The minimum atomic E-state index is 0.296. The Morgan fingerprint density at radius 1 is 0.452 bits per heavy atom. The van der Waals surface area contributed by atoms with Gasteiger partial charge in [0.1, 0.15) is 11.6 Å². The van der Waals surface area contributed by atoms with E-state index in [-0.39, 0.29) is 0 Å². The van der Waals surface area contributed by atoms with Gasteiger partial charge in [-0.15, -0.1) is 0 Å². The molecule has 4 aliphatic carbocycles. The first-order valence-electron chi connectivity index (χ1n) is 13.7. The van der Waals surface area contributed by atoms with E-state index in [0.29, 0.717) is 47.4 Å². The summed E-state index contributed by atoms with van der Waals surface area (Å²) in [6.07, 6.45) is 18.5. The molecular weight excluding hydrogens is 384 g/mol. The summed E-state index contributed by atoms with van der Waals surface area (Å²) in [6.45, 7) is 4.64. The highest BCUT2D eigenvalue weighted by atomic mass is 16.5. The summed E-state index contributed by atoms with van der Waals surface area (Å²) in [5, 5.41) is 0. The Balaban J connectivity index is 1.14. The second-order valence-electron chi connectivity index (χ2n) is 11.8. The summed E-state index contributed by atoms with van der Waals surface area (Å²) in [5.41, 5.74) is 0. The van der Waals surface area contributed by atoms with Crippen molar-refractivity contribution in [2.45, 2.75) is 129 Å². The summed E-state index contributed by atoms with van der Waals surface area (Å²) in [4.78, 5) is 25.9. The van der Waals surface area contributed by atoms with Crippen LogP contribution in [-0.2, 0) is 14.3 Å². The van der Waals surface area contributed by atoms with E-state index in [1.165, 1.54) is 25.7 Å². The minimum Gasteiger partial charge on any atom is -0.375 e. The standard InChI is InChI=1S/C28H46O3/c1-19-3-7-21(8-4-19)27(29)23-11-15-25(16-12-23)31-26-17-13-24(14-18-26)28(30)22-9-5-20(2)6-10-22/h19-26H,3-18H2,1-2H3. The lowest BCUT2D eigenvalue weighted by Gasteiger charge is -2.36. The molecule has 0 unspecified atom stereocenters. The lowest BCUT2D eigenvalue weighted by atomic mass is 9.73. The smallest absolute Gasteiger partial charge is 0.139 e. The lowest BCUT2D eigenvalue weighted by molar-refractivity contribution is -0.131. The van der Waals surface area contributed by atoms with Crippen molar-refractivity contribution in [1.82, 2.24) is 0 Å². The first-order valence-corrected chi connectivity index (χ1v) is 13.7. The zero-order valence-electron chi connectivity index (χ0n) is 20.2. The summed E-state index contributed by atoms with van der Waals surface area (Å²) in [7, 11) is 0. The number of carbonyl (C=O) groups is 2. The van der Waals surface area contributed by atoms with Gasteiger partial charge in [0.15, 0.2) is 0 Å². The number of rotatable bonds is 6. The highest BCUT2D eigenvalue weighted by Crippen LogP contribution is 2.38. The Hall–Kier alpha value is -0.700. The number of ether oxygens (including phenoxy) is 1. The molecule has 0 aromatic carbocycles. The molecule has 4 fully saturated rings. The van der Waals surface area contributed by atoms with Gasteiger partial charge in [0.2, 0.25) is 0 Å². The fourth-order valence-electron chi connectivity index (χ4n) is 6.99. The van der Waals surface area contributed by atoms with E-state index >= 15 is 0 Å². The van der Waals surface area contributed by atoms with E-state index in [1.54, 1.807) is 0 Å². The van der Waals surface area contributed by atoms with Crippen LogP contribution in [0.1, 0.15) is 117 Å². The van der Waals surface area contributed by atoms with Gasteiger partial charge in [0, 0.05) is 23.7 Å². The summed E-state index contributed by atoms with van der Waals surface area (Å²) < 4.78 is 6.48.